The molecule has 3 rings (SSSR count). The molecule has 0 atom stereocenters. The first kappa shape index (κ1) is 15.7. The van der Waals surface area contributed by atoms with E-state index in [0.717, 1.165) is 0 Å². The number of halogens is 5. The Morgan fingerprint density at radius 2 is 1.42 bits per heavy atom. The highest BCUT2D eigenvalue weighted by atomic mass is 19.2. The molecule has 0 unspecified atom stereocenters. The summed E-state index contributed by atoms with van der Waals surface area (Å²) in [7, 11) is 0. The lowest BCUT2D eigenvalue weighted by atomic mass is 10.1. The zero-order valence-corrected chi connectivity index (χ0v) is 11.7. The smallest absolute Gasteiger partial charge is 0.200 e. The van der Waals surface area contributed by atoms with Gasteiger partial charge in [-0.1, -0.05) is 11.8 Å². The van der Waals surface area contributed by atoms with Crippen molar-refractivity contribution in [3.8, 4) is 17.6 Å². The van der Waals surface area contributed by atoms with Gasteiger partial charge >= 0.3 is 0 Å². The van der Waals surface area contributed by atoms with Gasteiger partial charge in [0.2, 0.25) is 5.82 Å². The van der Waals surface area contributed by atoms with Gasteiger partial charge in [-0.3, -0.25) is 4.98 Å². The van der Waals surface area contributed by atoms with Crippen LogP contribution < -0.4 is 0 Å². The van der Waals surface area contributed by atoms with Crippen LogP contribution in [0.15, 0.2) is 30.5 Å². The molecule has 1 N–H and O–H groups in total. The van der Waals surface area contributed by atoms with E-state index in [1.54, 1.807) is 12.1 Å². The largest absolute Gasteiger partial charge is 0.506 e. The van der Waals surface area contributed by atoms with Crippen molar-refractivity contribution in [3.63, 3.8) is 0 Å². The third kappa shape index (κ3) is 2.42. The molecule has 2 aromatic carbocycles. The van der Waals surface area contributed by atoms with Crippen LogP contribution in [0.5, 0.6) is 5.75 Å². The average molecular weight is 335 g/mol. The molecular formula is C17H6F5NO. The van der Waals surface area contributed by atoms with Gasteiger partial charge in [0, 0.05) is 17.1 Å². The van der Waals surface area contributed by atoms with E-state index in [2.05, 4.69) is 10.9 Å². The molecule has 0 saturated carbocycles. The van der Waals surface area contributed by atoms with Crippen LogP contribution in [0.4, 0.5) is 22.0 Å². The number of phenols is 1. The summed E-state index contributed by atoms with van der Waals surface area (Å²) in [5.41, 5.74) is -0.821. The van der Waals surface area contributed by atoms with Gasteiger partial charge < -0.3 is 5.11 Å². The predicted octanol–water partition coefficient (Wildman–Crippen LogP) is 4.04. The van der Waals surface area contributed by atoms with Gasteiger partial charge in [0.05, 0.1) is 0 Å². The first-order chi connectivity index (χ1) is 11.4. The van der Waals surface area contributed by atoms with Gasteiger partial charge in [0.25, 0.3) is 0 Å². The number of aromatic hydroxyl groups is 1. The molecule has 120 valence electrons. The summed E-state index contributed by atoms with van der Waals surface area (Å²) in [6.07, 6.45) is 1.42. The number of benzene rings is 2. The van der Waals surface area contributed by atoms with Gasteiger partial charge in [-0.2, -0.15) is 0 Å². The molecule has 0 radical (unpaired) electrons. The summed E-state index contributed by atoms with van der Waals surface area (Å²) in [5, 5.41) is 10.1. The predicted molar refractivity (Wildman–Crippen MR) is 75.6 cm³/mol. The lowest BCUT2D eigenvalue weighted by molar-refractivity contribution is 0.376. The SMILES string of the molecule is Oc1ccc(C#Cc2c(F)c(F)c(F)c(F)c2F)c2cccnc12. The Hall–Kier alpha value is -3.14. The summed E-state index contributed by atoms with van der Waals surface area (Å²) in [4.78, 5) is 3.94. The van der Waals surface area contributed by atoms with Crippen molar-refractivity contribution in [1.82, 2.24) is 4.98 Å². The molecule has 0 spiro atoms. The highest BCUT2D eigenvalue weighted by Gasteiger charge is 2.24. The number of phenolic OH excluding ortho intramolecular Hbond substituents is 1. The van der Waals surface area contributed by atoms with Gasteiger partial charge in [-0.15, -0.1) is 0 Å². The summed E-state index contributed by atoms with van der Waals surface area (Å²) >= 11 is 0. The first-order valence-electron chi connectivity index (χ1n) is 6.52. The maximum atomic E-state index is 13.6. The highest BCUT2D eigenvalue weighted by Crippen LogP contribution is 2.26. The van der Waals surface area contributed by atoms with Crippen molar-refractivity contribution in [3.05, 3.63) is 70.7 Å². The monoisotopic (exact) mass is 335 g/mol. The Bertz CT molecular complexity index is 1010. The van der Waals surface area contributed by atoms with Crippen molar-refractivity contribution in [2.24, 2.45) is 0 Å². The Labute approximate surface area is 132 Å². The van der Waals surface area contributed by atoms with Crippen LogP contribution in [0.25, 0.3) is 10.9 Å². The van der Waals surface area contributed by atoms with Crippen LogP contribution in [-0.2, 0) is 0 Å². The second-order valence-electron chi connectivity index (χ2n) is 4.73. The number of fused-ring (bicyclic) bond motifs is 1. The molecule has 0 aliphatic heterocycles. The fourth-order valence-corrected chi connectivity index (χ4v) is 2.11. The second kappa shape index (κ2) is 5.81. The molecule has 2 nitrogen and oxygen atoms in total. The van der Waals surface area contributed by atoms with E-state index in [1.807, 2.05) is 5.92 Å². The normalized spacial score (nSPS) is 10.5. The topological polar surface area (TPSA) is 33.1 Å². The molecule has 1 aromatic heterocycles. The molecule has 7 heteroatoms. The maximum absolute atomic E-state index is 13.6. The molecule has 0 saturated heterocycles. The molecule has 3 aromatic rings. The van der Waals surface area contributed by atoms with Crippen molar-refractivity contribution in [2.45, 2.75) is 0 Å². The van der Waals surface area contributed by atoms with Crippen LogP contribution in [0.1, 0.15) is 11.1 Å². The van der Waals surface area contributed by atoms with Crippen LogP contribution in [-0.4, -0.2) is 10.1 Å². The van der Waals surface area contributed by atoms with Crippen molar-refractivity contribution < 1.29 is 27.1 Å². The maximum Gasteiger partial charge on any atom is 0.200 e. The third-order valence-electron chi connectivity index (χ3n) is 3.28. The summed E-state index contributed by atoms with van der Waals surface area (Å²) < 4.78 is 66.5. The fraction of sp³-hybridized carbons (Fsp3) is 0. The minimum Gasteiger partial charge on any atom is -0.506 e. The first-order valence-corrected chi connectivity index (χ1v) is 6.52. The van der Waals surface area contributed by atoms with Crippen molar-refractivity contribution in [2.75, 3.05) is 0 Å². The van der Waals surface area contributed by atoms with Gasteiger partial charge in [-0.25, -0.2) is 22.0 Å². The molecule has 0 fully saturated rings. The molecule has 0 amide bonds. The zero-order valence-electron chi connectivity index (χ0n) is 11.7. The Morgan fingerprint density at radius 1 is 0.792 bits per heavy atom. The summed E-state index contributed by atoms with van der Waals surface area (Å²) in [6.45, 7) is 0. The minimum atomic E-state index is -2.24. The van der Waals surface area contributed by atoms with E-state index in [1.165, 1.54) is 18.3 Å². The standard InChI is InChI=1S/C17H6F5NO/c18-12-10(13(19)15(21)16(22)14(12)20)5-3-8-4-6-11(24)17-9(8)2-1-7-23-17/h1-2,4,6-7,24H. The number of aromatic nitrogens is 1. The van der Waals surface area contributed by atoms with Crippen LogP contribution in [0.2, 0.25) is 0 Å². The van der Waals surface area contributed by atoms with E-state index in [4.69, 9.17) is 0 Å². The third-order valence-corrected chi connectivity index (χ3v) is 3.28. The lowest BCUT2D eigenvalue weighted by Gasteiger charge is -2.03. The Kier molecular flexibility index (Phi) is 3.81. The summed E-state index contributed by atoms with van der Waals surface area (Å²) in [5.74, 6) is -6.18. The summed E-state index contributed by atoms with van der Waals surface area (Å²) in [6, 6.07) is 5.70. The van der Waals surface area contributed by atoms with Gasteiger partial charge in [0.1, 0.15) is 16.8 Å². The average Bonchev–Trinajstić information content (AvgIpc) is 2.60. The van der Waals surface area contributed by atoms with E-state index in [0.29, 0.717) is 5.39 Å². The zero-order chi connectivity index (χ0) is 17.4. The number of pyridine rings is 1. The molecule has 24 heavy (non-hydrogen) atoms. The quantitative estimate of drug-likeness (QED) is 0.291. The molecule has 0 aliphatic carbocycles. The molecule has 0 bridgehead atoms. The Balaban J connectivity index is 2.21. The number of hydrogen-bond donors (Lipinski definition) is 1. The van der Waals surface area contributed by atoms with E-state index in [9.17, 15) is 27.1 Å². The second-order valence-corrected chi connectivity index (χ2v) is 4.73. The van der Waals surface area contributed by atoms with Gasteiger partial charge in [-0.05, 0) is 24.3 Å². The number of nitrogens with zero attached hydrogens (tertiary/aromatic N) is 1. The molecular weight excluding hydrogens is 329 g/mol. The van der Waals surface area contributed by atoms with Crippen LogP contribution >= 0.6 is 0 Å². The van der Waals surface area contributed by atoms with Crippen molar-refractivity contribution in [1.29, 1.82) is 0 Å². The van der Waals surface area contributed by atoms with Crippen LogP contribution in [0, 0.1) is 40.9 Å². The number of rotatable bonds is 0. The van der Waals surface area contributed by atoms with Crippen molar-refractivity contribution >= 4 is 10.9 Å². The Morgan fingerprint density at radius 3 is 2.08 bits per heavy atom. The van der Waals surface area contributed by atoms with E-state index in [-0.39, 0.29) is 16.8 Å². The molecule has 0 aliphatic rings. The minimum absolute atomic E-state index is 0.132. The lowest BCUT2D eigenvalue weighted by Crippen LogP contribution is -2.04. The van der Waals surface area contributed by atoms with Crippen LogP contribution in [0.3, 0.4) is 0 Å². The number of hydrogen-bond acceptors (Lipinski definition) is 2. The van der Waals surface area contributed by atoms with E-state index < -0.39 is 34.6 Å². The van der Waals surface area contributed by atoms with E-state index >= 15 is 0 Å². The highest BCUT2D eigenvalue weighted by molar-refractivity contribution is 5.89. The fourth-order valence-electron chi connectivity index (χ4n) is 2.11. The molecule has 1 heterocycles. The van der Waals surface area contributed by atoms with Gasteiger partial charge in [0.15, 0.2) is 23.3 Å².